The number of fused-ring (bicyclic) bond motifs is 2. The van der Waals surface area contributed by atoms with Gasteiger partial charge in [0.25, 0.3) is 5.91 Å². The SMILES string of the molecule is CCCCCCCCCCCCCCCCCCOC[C@H](COP(=O)(O)OC[C@H]1O[C@@](C)(c2ccc3c(N)ncnn23)[C@H](O)[C@@H]1O)N1Cc2ccccc2C1=O. The molecule has 1 fully saturated rings. The molecule has 3 aromatic rings. The van der Waals surface area contributed by atoms with Gasteiger partial charge in [0.15, 0.2) is 5.82 Å². The zero-order valence-corrected chi connectivity index (χ0v) is 34.2. The number of nitrogen functional groups attached to an aromatic ring is 1. The van der Waals surface area contributed by atoms with Crippen LogP contribution in [0, 0.1) is 0 Å². The number of benzene rings is 1. The van der Waals surface area contributed by atoms with Crippen molar-refractivity contribution in [3.63, 3.8) is 0 Å². The number of aromatic nitrogens is 3. The van der Waals surface area contributed by atoms with Crippen molar-refractivity contribution in [1.82, 2.24) is 19.5 Å². The number of ether oxygens (including phenoxy) is 2. The van der Waals surface area contributed by atoms with E-state index in [1.54, 1.807) is 36.1 Å². The van der Waals surface area contributed by atoms with Gasteiger partial charge < -0.3 is 35.2 Å². The Bertz CT molecular complexity index is 1710. The van der Waals surface area contributed by atoms with Crippen LogP contribution in [-0.4, -0.2) is 91.3 Å². The summed E-state index contributed by atoms with van der Waals surface area (Å²) in [5, 5.41) is 26.1. The lowest BCUT2D eigenvalue weighted by molar-refractivity contribution is -0.0890. The molecule has 15 heteroatoms. The molecule has 5 rings (SSSR count). The van der Waals surface area contributed by atoms with E-state index in [1.807, 2.05) is 12.1 Å². The van der Waals surface area contributed by atoms with Crippen molar-refractivity contribution >= 4 is 25.1 Å². The second kappa shape index (κ2) is 21.7. The number of unbranched alkanes of at least 4 members (excludes halogenated alkanes) is 15. The Morgan fingerprint density at radius 3 is 2.18 bits per heavy atom. The zero-order valence-electron chi connectivity index (χ0n) is 33.3. The van der Waals surface area contributed by atoms with E-state index in [1.165, 1.54) is 94.3 Å². The molecule has 4 heterocycles. The van der Waals surface area contributed by atoms with E-state index in [9.17, 15) is 24.5 Å². The Kier molecular flexibility index (Phi) is 17.1. The summed E-state index contributed by atoms with van der Waals surface area (Å²) in [6, 6.07) is 9.99. The first-order chi connectivity index (χ1) is 27.1. The Morgan fingerprint density at radius 1 is 0.911 bits per heavy atom. The monoisotopic (exact) mass is 801 g/mol. The van der Waals surface area contributed by atoms with Crippen molar-refractivity contribution in [1.29, 1.82) is 0 Å². The number of nitrogens with zero attached hydrogens (tertiary/aromatic N) is 4. The molecule has 1 aromatic carbocycles. The average Bonchev–Trinajstić information content (AvgIpc) is 3.85. The molecule has 56 heavy (non-hydrogen) atoms. The van der Waals surface area contributed by atoms with Crippen LogP contribution in [0.3, 0.4) is 0 Å². The summed E-state index contributed by atoms with van der Waals surface area (Å²) in [6.45, 7) is 3.90. The fourth-order valence-electron chi connectivity index (χ4n) is 7.81. The fraction of sp³-hybridized carbons (Fsp3) is 0.683. The second-order valence-corrected chi connectivity index (χ2v) is 17.0. The van der Waals surface area contributed by atoms with Crippen molar-refractivity contribution in [3.8, 4) is 0 Å². The minimum atomic E-state index is -4.71. The first-order valence-electron chi connectivity index (χ1n) is 20.8. The number of aliphatic hydroxyl groups excluding tert-OH is 2. The number of phosphoric acid groups is 1. The summed E-state index contributed by atoms with van der Waals surface area (Å²) in [5.74, 6) is 0.0270. The summed E-state index contributed by atoms with van der Waals surface area (Å²) < 4.78 is 37.4. The molecule has 2 aliphatic heterocycles. The molecule has 0 saturated carbocycles. The highest BCUT2D eigenvalue weighted by Crippen LogP contribution is 2.46. The number of hydrogen-bond acceptors (Lipinski definition) is 11. The summed E-state index contributed by atoms with van der Waals surface area (Å²) in [4.78, 5) is 29.6. The van der Waals surface area contributed by atoms with Gasteiger partial charge in [-0.05, 0) is 37.1 Å². The van der Waals surface area contributed by atoms with Crippen LogP contribution in [0.1, 0.15) is 138 Å². The molecule has 14 nitrogen and oxygen atoms in total. The Morgan fingerprint density at radius 2 is 1.54 bits per heavy atom. The molecule has 1 unspecified atom stereocenters. The molecule has 312 valence electrons. The van der Waals surface area contributed by atoms with E-state index < -0.39 is 44.4 Å². The van der Waals surface area contributed by atoms with Crippen molar-refractivity contribution < 1.29 is 43.0 Å². The van der Waals surface area contributed by atoms with Gasteiger partial charge in [-0.3, -0.25) is 13.8 Å². The molecule has 2 aliphatic rings. The lowest BCUT2D eigenvalue weighted by Gasteiger charge is -2.28. The van der Waals surface area contributed by atoms with Crippen LogP contribution in [0.25, 0.3) is 5.52 Å². The Hall–Kier alpha value is -2.94. The topological polar surface area (TPSA) is 191 Å². The smallest absolute Gasteiger partial charge is 0.387 e. The standard InChI is InChI=1S/C41H64N5O9P/c1-3-4-5-6-7-8-9-10-11-12-13-14-15-16-17-20-25-52-27-32(45-26-31-21-18-19-22-33(31)40(45)49)28-53-56(50,51)54-29-35-37(47)38(48)41(2,55-35)36-24-23-34-39(42)43-30-44-46(34)36/h18-19,21-24,30,32,35,37-38,47-48H,3-17,20,25-29H2,1-2H3,(H,50,51)(H2,42,43,44)/t32-,35-,37-,38-,41+/m1/s1. The molecule has 5 N–H and O–H groups in total. The molecular formula is C41H64N5O9P. The largest absolute Gasteiger partial charge is 0.472 e. The highest BCUT2D eigenvalue weighted by atomic mass is 31.2. The maximum atomic E-state index is 13.3. The van der Waals surface area contributed by atoms with Crippen LogP contribution in [0.4, 0.5) is 5.82 Å². The number of carbonyl (C=O) groups excluding carboxylic acids is 1. The fourth-order valence-corrected chi connectivity index (χ4v) is 8.58. The zero-order chi connectivity index (χ0) is 40.0. The summed E-state index contributed by atoms with van der Waals surface area (Å²) in [5.41, 5.74) is 6.84. The molecule has 6 atom stereocenters. The van der Waals surface area contributed by atoms with E-state index >= 15 is 0 Å². The molecule has 2 aromatic heterocycles. The van der Waals surface area contributed by atoms with Gasteiger partial charge in [0.2, 0.25) is 0 Å². The van der Waals surface area contributed by atoms with Crippen molar-refractivity contribution in [2.75, 3.05) is 32.2 Å². The number of amides is 1. The predicted molar refractivity (Wildman–Crippen MR) is 214 cm³/mol. The van der Waals surface area contributed by atoms with Gasteiger partial charge in [-0.25, -0.2) is 14.1 Å². The van der Waals surface area contributed by atoms with Crippen molar-refractivity contribution in [2.24, 2.45) is 0 Å². The van der Waals surface area contributed by atoms with Gasteiger partial charge in [-0.15, -0.1) is 0 Å². The van der Waals surface area contributed by atoms with Gasteiger partial charge in [-0.1, -0.05) is 121 Å². The van der Waals surface area contributed by atoms with E-state index in [0.29, 0.717) is 29.9 Å². The van der Waals surface area contributed by atoms with Crippen LogP contribution < -0.4 is 5.73 Å². The maximum Gasteiger partial charge on any atom is 0.472 e. The van der Waals surface area contributed by atoms with Crippen LogP contribution in [-0.2, 0) is 35.2 Å². The summed E-state index contributed by atoms with van der Waals surface area (Å²) in [6.07, 6.45) is 17.7. The molecular weight excluding hydrogens is 737 g/mol. The van der Waals surface area contributed by atoms with E-state index in [2.05, 4.69) is 17.0 Å². The number of phosphoric ester groups is 1. The number of rotatable bonds is 27. The van der Waals surface area contributed by atoms with Gasteiger partial charge in [0.05, 0.1) is 31.6 Å². The summed E-state index contributed by atoms with van der Waals surface area (Å²) >= 11 is 0. The van der Waals surface area contributed by atoms with E-state index in [0.717, 1.165) is 24.8 Å². The minimum Gasteiger partial charge on any atom is -0.387 e. The highest BCUT2D eigenvalue weighted by molar-refractivity contribution is 7.47. The van der Waals surface area contributed by atoms with Gasteiger partial charge >= 0.3 is 7.82 Å². The van der Waals surface area contributed by atoms with Gasteiger partial charge in [-0.2, -0.15) is 5.10 Å². The Balaban J connectivity index is 1.03. The normalized spacial score (nSPS) is 22.6. The number of anilines is 1. The molecule has 0 bridgehead atoms. The van der Waals surface area contributed by atoms with Gasteiger partial charge in [0, 0.05) is 18.7 Å². The molecule has 1 amide bonds. The highest BCUT2D eigenvalue weighted by Gasteiger charge is 2.54. The minimum absolute atomic E-state index is 0.118. The van der Waals surface area contributed by atoms with E-state index in [-0.39, 0.29) is 24.9 Å². The second-order valence-electron chi connectivity index (χ2n) is 15.5. The first kappa shape index (κ1) is 44.2. The van der Waals surface area contributed by atoms with Gasteiger partial charge in [0.1, 0.15) is 35.8 Å². The van der Waals surface area contributed by atoms with Crippen LogP contribution >= 0.6 is 7.82 Å². The number of carbonyl (C=O) groups is 1. The quantitative estimate of drug-likeness (QED) is 0.0453. The van der Waals surface area contributed by atoms with E-state index in [4.69, 9.17) is 24.3 Å². The number of aliphatic hydroxyl groups is 2. The Labute approximate surface area is 331 Å². The maximum absolute atomic E-state index is 13.3. The van der Waals surface area contributed by atoms with Crippen molar-refractivity contribution in [2.45, 2.75) is 153 Å². The predicted octanol–water partition coefficient (Wildman–Crippen LogP) is 7.08. The molecule has 0 spiro atoms. The molecule has 0 aliphatic carbocycles. The van der Waals surface area contributed by atoms with Crippen LogP contribution in [0.5, 0.6) is 0 Å². The van der Waals surface area contributed by atoms with Crippen molar-refractivity contribution in [3.05, 3.63) is 59.5 Å². The third-order valence-electron chi connectivity index (χ3n) is 11.2. The lowest BCUT2D eigenvalue weighted by atomic mass is 9.93. The average molecular weight is 802 g/mol. The van der Waals surface area contributed by atoms with Crippen LogP contribution in [0.15, 0.2) is 42.7 Å². The molecule has 1 saturated heterocycles. The third-order valence-corrected chi connectivity index (χ3v) is 12.2. The first-order valence-corrected chi connectivity index (χ1v) is 22.3. The lowest BCUT2D eigenvalue weighted by Crippen LogP contribution is -2.42. The third kappa shape index (κ3) is 11.8. The number of hydrogen-bond donors (Lipinski definition) is 4. The molecule has 0 radical (unpaired) electrons. The van der Waals surface area contributed by atoms with Crippen LogP contribution in [0.2, 0.25) is 0 Å². The number of nitrogens with two attached hydrogens (primary N) is 1. The summed E-state index contributed by atoms with van der Waals surface area (Å²) in [7, 11) is -4.71.